The predicted octanol–water partition coefficient (Wildman–Crippen LogP) is 4.86. The number of hydrogen-bond donors (Lipinski definition) is 1. The Balaban J connectivity index is 1.33. The Hall–Kier alpha value is -4.31. The van der Waals surface area contributed by atoms with Crippen LogP contribution in [-0.4, -0.2) is 37.8 Å². The molecule has 1 amide bonds. The Bertz CT molecular complexity index is 1730. The molecule has 0 bridgehead atoms. The first-order valence-corrected chi connectivity index (χ1v) is 13.7. The van der Waals surface area contributed by atoms with Crippen molar-refractivity contribution in [2.45, 2.75) is 38.9 Å². The maximum Gasteiger partial charge on any atom is 0.284 e. The van der Waals surface area contributed by atoms with Crippen molar-refractivity contribution < 1.29 is 9.18 Å². The number of pyridine rings is 1. The molecular formula is C29H27FN6O2S. The molecule has 0 saturated carbocycles. The first kappa shape index (κ1) is 25.0. The number of fused-ring (bicyclic) bond motifs is 1. The summed E-state index contributed by atoms with van der Waals surface area (Å²) in [4.78, 5) is 39.1. The smallest absolute Gasteiger partial charge is 0.284 e. The summed E-state index contributed by atoms with van der Waals surface area (Å²) in [6.07, 6.45) is 0.540. The van der Waals surface area contributed by atoms with Crippen molar-refractivity contribution in [1.29, 1.82) is 0 Å². The maximum absolute atomic E-state index is 14.2. The van der Waals surface area contributed by atoms with Gasteiger partial charge in [0.2, 0.25) is 0 Å². The topological polar surface area (TPSA) is 85.1 Å². The van der Waals surface area contributed by atoms with Crippen molar-refractivity contribution in [2.75, 3.05) is 11.4 Å². The van der Waals surface area contributed by atoms with Gasteiger partial charge in [-0.2, -0.15) is 0 Å². The van der Waals surface area contributed by atoms with E-state index in [9.17, 15) is 14.0 Å². The summed E-state index contributed by atoms with van der Waals surface area (Å²) >= 11 is 1.46. The van der Waals surface area contributed by atoms with Gasteiger partial charge >= 0.3 is 0 Å². The van der Waals surface area contributed by atoms with Crippen LogP contribution in [0.15, 0.2) is 77.0 Å². The van der Waals surface area contributed by atoms with Gasteiger partial charge in [0.15, 0.2) is 0 Å². The lowest BCUT2D eigenvalue weighted by molar-refractivity contribution is 0.0938. The van der Waals surface area contributed by atoms with Gasteiger partial charge in [0, 0.05) is 19.1 Å². The van der Waals surface area contributed by atoms with E-state index in [1.54, 1.807) is 23.2 Å². The van der Waals surface area contributed by atoms with Crippen LogP contribution in [0.4, 0.5) is 10.2 Å². The molecule has 6 rings (SSSR count). The first-order valence-electron chi connectivity index (χ1n) is 12.9. The van der Waals surface area contributed by atoms with Gasteiger partial charge in [-0.3, -0.25) is 14.3 Å². The lowest BCUT2D eigenvalue weighted by Crippen LogP contribution is -2.39. The van der Waals surface area contributed by atoms with E-state index in [0.29, 0.717) is 30.9 Å². The van der Waals surface area contributed by atoms with E-state index >= 15 is 0 Å². The lowest BCUT2D eigenvalue weighted by atomic mass is 10.0. The zero-order chi connectivity index (χ0) is 27.1. The molecule has 3 aromatic heterocycles. The summed E-state index contributed by atoms with van der Waals surface area (Å²) in [6.45, 7) is 4.74. The summed E-state index contributed by atoms with van der Waals surface area (Å²) in [5.41, 5.74) is 4.47. The van der Waals surface area contributed by atoms with Crippen LogP contribution in [0.5, 0.6) is 0 Å². The van der Waals surface area contributed by atoms with Crippen LogP contribution < -0.4 is 15.8 Å². The average molecular weight is 543 g/mol. The standard InChI is InChI=1S/C29H27FN6O2S/c1-3-35-18(2)26(29(38)36(35)22-10-5-4-6-11-22)27(37)32-21-15-24(19-8-7-9-20(30)14-19)34(16-21)25-13-12-23-28(33-25)39-17-31-23/h4-14,17,21,24H,3,15-16H2,1-2H3,(H,32,37)/t21-,24+/m0/s1. The van der Waals surface area contributed by atoms with Crippen molar-refractivity contribution in [3.8, 4) is 5.69 Å². The number of carbonyl (C=O) groups is 1. The van der Waals surface area contributed by atoms with Crippen LogP contribution in [0.2, 0.25) is 0 Å². The fourth-order valence-corrected chi connectivity index (χ4v) is 6.15. The van der Waals surface area contributed by atoms with Crippen molar-refractivity contribution in [1.82, 2.24) is 24.6 Å². The van der Waals surface area contributed by atoms with E-state index in [4.69, 9.17) is 4.98 Å². The Labute approximate surface area is 228 Å². The van der Waals surface area contributed by atoms with Gasteiger partial charge in [-0.15, -0.1) is 11.3 Å². The molecule has 198 valence electrons. The molecule has 4 heterocycles. The van der Waals surface area contributed by atoms with E-state index in [1.807, 2.05) is 60.1 Å². The average Bonchev–Trinajstić information content (AvgIpc) is 3.64. The molecule has 0 radical (unpaired) electrons. The third-order valence-electron chi connectivity index (χ3n) is 7.27. The number of aromatic nitrogens is 4. The number of para-hydroxylation sites is 1. The minimum absolute atomic E-state index is 0.130. The molecule has 1 aliphatic heterocycles. The number of rotatable bonds is 6. The molecule has 2 aromatic carbocycles. The molecule has 5 aromatic rings. The van der Waals surface area contributed by atoms with Crippen LogP contribution in [-0.2, 0) is 6.54 Å². The van der Waals surface area contributed by atoms with Crippen LogP contribution in [0, 0.1) is 12.7 Å². The second-order valence-electron chi connectivity index (χ2n) is 9.60. The van der Waals surface area contributed by atoms with Crippen molar-refractivity contribution in [2.24, 2.45) is 0 Å². The Morgan fingerprint density at radius 1 is 1.13 bits per heavy atom. The highest BCUT2D eigenvalue weighted by Gasteiger charge is 2.36. The number of thiazole rings is 1. The van der Waals surface area contributed by atoms with Gasteiger partial charge in [0.1, 0.15) is 27.5 Å². The van der Waals surface area contributed by atoms with Gasteiger partial charge in [-0.1, -0.05) is 30.3 Å². The van der Waals surface area contributed by atoms with E-state index < -0.39 is 5.91 Å². The summed E-state index contributed by atoms with van der Waals surface area (Å²) in [5, 5.41) is 3.10. The summed E-state index contributed by atoms with van der Waals surface area (Å²) in [7, 11) is 0. The summed E-state index contributed by atoms with van der Waals surface area (Å²) in [5.74, 6) is 0.00592. The number of halogens is 1. The van der Waals surface area contributed by atoms with Crippen LogP contribution in [0.1, 0.15) is 41.0 Å². The summed E-state index contributed by atoms with van der Waals surface area (Å²) in [6, 6.07) is 19.2. The zero-order valence-corrected chi connectivity index (χ0v) is 22.4. The quantitative estimate of drug-likeness (QED) is 0.331. The number of nitrogens with zero attached hydrogens (tertiary/aromatic N) is 5. The Kier molecular flexibility index (Phi) is 6.48. The highest BCUT2D eigenvalue weighted by molar-refractivity contribution is 7.16. The van der Waals surface area contributed by atoms with Gasteiger partial charge in [-0.05, 0) is 62.2 Å². The molecule has 2 atom stereocenters. The predicted molar refractivity (Wildman–Crippen MR) is 150 cm³/mol. The maximum atomic E-state index is 14.2. The SMILES string of the molecule is CCn1c(C)c(C(=O)N[C@H]2C[C@H](c3cccc(F)c3)N(c3ccc4ncsc4n3)C2)c(=O)n1-c1ccccc1. The van der Waals surface area contributed by atoms with E-state index in [2.05, 4.69) is 15.2 Å². The van der Waals surface area contributed by atoms with Crippen molar-refractivity contribution in [3.63, 3.8) is 0 Å². The van der Waals surface area contributed by atoms with Crippen LogP contribution >= 0.6 is 11.3 Å². The molecule has 0 unspecified atom stereocenters. The highest BCUT2D eigenvalue weighted by Crippen LogP contribution is 2.36. The second-order valence-corrected chi connectivity index (χ2v) is 10.4. The monoisotopic (exact) mass is 542 g/mol. The van der Waals surface area contributed by atoms with E-state index in [0.717, 1.165) is 21.7 Å². The largest absolute Gasteiger partial charge is 0.347 e. The molecule has 0 aliphatic carbocycles. The zero-order valence-electron chi connectivity index (χ0n) is 21.5. The highest BCUT2D eigenvalue weighted by atomic mass is 32.1. The van der Waals surface area contributed by atoms with Gasteiger partial charge in [0.25, 0.3) is 11.5 Å². The molecule has 8 nitrogen and oxygen atoms in total. The molecule has 1 N–H and O–H groups in total. The molecule has 0 spiro atoms. The number of benzene rings is 2. The number of nitrogens with one attached hydrogen (secondary N) is 1. The van der Waals surface area contributed by atoms with Crippen molar-refractivity contribution >= 4 is 33.4 Å². The number of carbonyl (C=O) groups excluding carboxylic acids is 1. The fourth-order valence-electron chi connectivity index (χ4n) is 5.50. The number of hydrogen-bond acceptors (Lipinski definition) is 6. The molecule has 1 saturated heterocycles. The van der Waals surface area contributed by atoms with Crippen molar-refractivity contribution in [3.05, 3.63) is 105 Å². The Morgan fingerprint density at radius 3 is 2.72 bits per heavy atom. The first-order chi connectivity index (χ1) is 18.9. The minimum Gasteiger partial charge on any atom is -0.347 e. The third kappa shape index (κ3) is 4.50. The van der Waals surface area contributed by atoms with Gasteiger partial charge < -0.3 is 10.2 Å². The molecule has 10 heteroatoms. The van der Waals surface area contributed by atoms with E-state index in [1.165, 1.54) is 23.5 Å². The fraction of sp³-hybridized carbons (Fsp3) is 0.241. The summed E-state index contributed by atoms with van der Waals surface area (Å²) < 4.78 is 17.6. The molecular weight excluding hydrogens is 515 g/mol. The number of amides is 1. The minimum atomic E-state index is -0.412. The normalized spacial score (nSPS) is 17.2. The number of anilines is 1. The second kappa shape index (κ2) is 10.1. The van der Waals surface area contributed by atoms with Crippen LogP contribution in [0.25, 0.3) is 16.0 Å². The van der Waals surface area contributed by atoms with Gasteiger partial charge in [0.05, 0.1) is 22.9 Å². The molecule has 1 fully saturated rings. The lowest BCUT2D eigenvalue weighted by Gasteiger charge is -2.26. The van der Waals surface area contributed by atoms with Gasteiger partial charge in [-0.25, -0.2) is 19.0 Å². The molecule has 1 aliphatic rings. The third-order valence-corrected chi connectivity index (χ3v) is 8.00. The molecule has 39 heavy (non-hydrogen) atoms. The van der Waals surface area contributed by atoms with E-state index in [-0.39, 0.29) is 29.0 Å². The Morgan fingerprint density at radius 2 is 1.95 bits per heavy atom. The van der Waals surface area contributed by atoms with Crippen LogP contribution in [0.3, 0.4) is 0 Å².